The summed E-state index contributed by atoms with van der Waals surface area (Å²) in [5.74, 6) is -1.17. The topological polar surface area (TPSA) is 80.7 Å². The van der Waals surface area contributed by atoms with E-state index in [2.05, 4.69) is 6.92 Å². The van der Waals surface area contributed by atoms with Crippen molar-refractivity contribution in [2.75, 3.05) is 0 Å². The normalized spacial score (nSPS) is 39.8. The third-order valence-corrected chi connectivity index (χ3v) is 9.56. The number of benzene rings is 1. The van der Waals surface area contributed by atoms with E-state index in [0.717, 1.165) is 44.9 Å². The molecule has 1 N–H and O–H groups in total. The van der Waals surface area contributed by atoms with Gasteiger partial charge in [0.2, 0.25) is 11.6 Å². The van der Waals surface area contributed by atoms with Crippen molar-refractivity contribution in [1.29, 1.82) is 0 Å². The first-order valence-corrected chi connectivity index (χ1v) is 12.1. The van der Waals surface area contributed by atoms with Gasteiger partial charge in [-0.25, -0.2) is 0 Å². The average Bonchev–Trinajstić information content (AvgIpc) is 3.21. The molecule has 6 atom stereocenters. The van der Waals surface area contributed by atoms with Crippen LogP contribution in [0.25, 0.3) is 0 Å². The summed E-state index contributed by atoms with van der Waals surface area (Å²) in [7, 11) is 0. The van der Waals surface area contributed by atoms with Crippen LogP contribution >= 0.6 is 0 Å². The van der Waals surface area contributed by atoms with E-state index in [-0.39, 0.29) is 28.4 Å². The number of carbonyl (C=O) groups excluding carboxylic acids is 3. The van der Waals surface area contributed by atoms with Crippen molar-refractivity contribution in [3.05, 3.63) is 47.0 Å². The smallest absolute Gasteiger partial charge is 0.297 e. The molecule has 0 saturated heterocycles. The SMILES string of the molecule is C[C@]12CC[C@H]3[C@H](CCC4=CC(=O)CC[C@H]43)[C@H]1CC[C@H]2OC1(O)C(=O)c2ccccc2C1=O. The van der Waals surface area contributed by atoms with Gasteiger partial charge in [-0.1, -0.05) is 36.8 Å². The summed E-state index contributed by atoms with van der Waals surface area (Å²) in [5.41, 5.74) is 1.72. The zero-order chi connectivity index (χ0) is 22.3. The van der Waals surface area contributed by atoms with E-state index in [4.69, 9.17) is 4.74 Å². The van der Waals surface area contributed by atoms with Gasteiger partial charge >= 0.3 is 0 Å². The van der Waals surface area contributed by atoms with E-state index in [9.17, 15) is 19.5 Å². The second-order valence-electron chi connectivity index (χ2n) is 10.9. The van der Waals surface area contributed by atoms with E-state index >= 15 is 0 Å². The highest BCUT2D eigenvalue weighted by Crippen LogP contribution is 2.62. The van der Waals surface area contributed by atoms with Crippen LogP contribution in [0.1, 0.15) is 79.0 Å². The van der Waals surface area contributed by atoms with Crippen LogP contribution in [0.2, 0.25) is 0 Å². The Morgan fingerprint density at radius 3 is 2.34 bits per heavy atom. The molecule has 0 amide bonds. The van der Waals surface area contributed by atoms with Crippen LogP contribution in [0.3, 0.4) is 0 Å². The van der Waals surface area contributed by atoms with Crippen molar-refractivity contribution in [2.24, 2.45) is 29.1 Å². The third-order valence-electron chi connectivity index (χ3n) is 9.56. The van der Waals surface area contributed by atoms with Gasteiger partial charge in [0.1, 0.15) is 0 Å². The Hall–Kier alpha value is -2.11. The molecule has 1 aromatic rings. The van der Waals surface area contributed by atoms with E-state index in [0.29, 0.717) is 30.1 Å². The quantitative estimate of drug-likeness (QED) is 0.555. The lowest BCUT2D eigenvalue weighted by molar-refractivity contribution is -0.194. The Bertz CT molecular complexity index is 1020. The van der Waals surface area contributed by atoms with Gasteiger partial charge in [0.25, 0.3) is 5.79 Å². The fourth-order valence-corrected chi connectivity index (χ4v) is 7.99. The first-order valence-electron chi connectivity index (χ1n) is 12.1. The van der Waals surface area contributed by atoms with Gasteiger partial charge in [-0.05, 0) is 80.1 Å². The number of rotatable bonds is 2. The lowest BCUT2D eigenvalue weighted by Crippen LogP contribution is -2.53. The predicted octanol–water partition coefficient (Wildman–Crippen LogP) is 4.28. The molecule has 32 heavy (non-hydrogen) atoms. The van der Waals surface area contributed by atoms with Crippen LogP contribution in [-0.2, 0) is 9.53 Å². The highest BCUT2D eigenvalue weighted by atomic mass is 16.6. The maximum absolute atomic E-state index is 13.0. The zero-order valence-electron chi connectivity index (χ0n) is 18.5. The van der Waals surface area contributed by atoms with Crippen molar-refractivity contribution in [3.8, 4) is 0 Å². The largest absolute Gasteiger partial charge is 0.353 e. The van der Waals surface area contributed by atoms with Crippen molar-refractivity contribution < 1.29 is 24.2 Å². The molecule has 0 aliphatic heterocycles. The predicted molar refractivity (Wildman–Crippen MR) is 117 cm³/mol. The zero-order valence-corrected chi connectivity index (χ0v) is 18.5. The summed E-state index contributed by atoms with van der Waals surface area (Å²) in [4.78, 5) is 37.8. The molecule has 0 spiro atoms. The third kappa shape index (κ3) is 2.67. The molecule has 5 aliphatic rings. The summed E-state index contributed by atoms with van der Waals surface area (Å²) in [5, 5.41) is 11.2. The average molecular weight is 435 g/mol. The van der Waals surface area contributed by atoms with Crippen LogP contribution < -0.4 is 0 Å². The van der Waals surface area contributed by atoms with Gasteiger partial charge in [0.15, 0.2) is 5.78 Å². The number of carbonyl (C=O) groups is 3. The van der Waals surface area contributed by atoms with Gasteiger partial charge in [-0.3, -0.25) is 14.4 Å². The number of Topliss-reactive ketones (excluding diaryl/α,β-unsaturated/α-hetero) is 2. The van der Waals surface area contributed by atoms with Crippen molar-refractivity contribution in [1.82, 2.24) is 0 Å². The number of aliphatic hydroxyl groups is 1. The molecule has 5 heteroatoms. The molecule has 0 heterocycles. The second-order valence-corrected chi connectivity index (χ2v) is 10.9. The van der Waals surface area contributed by atoms with Crippen LogP contribution in [0.15, 0.2) is 35.9 Å². The fourth-order valence-electron chi connectivity index (χ4n) is 7.99. The van der Waals surface area contributed by atoms with Crippen LogP contribution in [-0.4, -0.2) is 34.3 Å². The molecule has 3 fully saturated rings. The molecule has 1 aromatic carbocycles. The molecule has 0 bridgehead atoms. The molecule has 0 radical (unpaired) electrons. The summed E-state index contributed by atoms with van der Waals surface area (Å²) >= 11 is 0. The first-order chi connectivity index (χ1) is 15.3. The van der Waals surface area contributed by atoms with Gasteiger partial charge in [-0.2, -0.15) is 0 Å². The molecule has 5 nitrogen and oxygen atoms in total. The lowest BCUT2D eigenvalue weighted by Gasteiger charge is -2.54. The van der Waals surface area contributed by atoms with Crippen LogP contribution in [0.4, 0.5) is 0 Å². The molecule has 0 aromatic heterocycles. The first kappa shape index (κ1) is 20.5. The molecule has 6 rings (SSSR count). The second kappa shape index (κ2) is 6.94. The molecule has 0 unspecified atom stereocenters. The number of ketones is 3. The van der Waals surface area contributed by atoms with E-state index < -0.39 is 17.4 Å². The highest BCUT2D eigenvalue weighted by molar-refractivity contribution is 6.30. The Morgan fingerprint density at radius 2 is 1.62 bits per heavy atom. The number of hydrogen-bond donors (Lipinski definition) is 1. The number of allylic oxidation sites excluding steroid dienone is 1. The van der Waals surface area contributed by atoms with Gasteiger partial charge in [0, 0.05) is 17.5 Å². The van der Waals surface area contributed by atoms with Gasteiger partial charge in [0.05, 0.1) is 6.10 Å². The Morgan fingerprint density at radius 1 is 0.906 bits per heavy atom. The monoisotopic (exact) mass is 434 g/mol. The summed E-state index contributed by atoms with van der Waals surface area (Å²) < 4.78 is 6.14. The van der Waals surface area contributed by atoms with E-state index in [1.165, 1.54) is 5.57 Å². The minimum absolute atomic E-state index is 0.155. The minimum atomic E-state index is -2.39. The molecular weight excluding hydrogens is 404 g/mol. The molecule has 5 aliphatic carbocycles. The van der Waals surface area contributed by atoms with Crippen molar-refractivity contribution in [3.63, 3.8) is 0 Å². The van der Waals surface area contributed by atoms with E-state index in [1.807, 2.05) is 6.08 Å². The Kier molecular flexibility index (Phi) is 4.45. The highest BCUT2D eigenvalue weighted by Gasteiger charge is 2.61. The number of ether oxygens (including phenoxy) is 1. The van der Waals surface area contributed by atoms with Gasteiger partial charge < -0.3 is 9.84 Å². The van der Waals surface area contributed by atoms with Crippen LogP contribution in [0, 0.1) is 29.1 Å². The fraction of sp³-hybridized carbons (Fsp3) is 0.593. The standard InChI is InChI=1S/C27H30O5/c1-26-13-12-18-17-9-7-16(28)14-15(17)6-8-19(18)22(26)10-11-23(26)32-27(31)24(29)20-4-2-3-5-21(20)25(27)30/h2-5,14,17-19,22-23,31H,6-13H2,1H3/t17-,18-,19+,22-,23-,26+/m1/s1. The summed E-state index contributed by atoms with van der Waals surface area (Å²) in [6.45, 7) is 2.24. The van der Waals surface area contributed by atoms with Crippen LogP contribution in [0.5, 0.6) is 0 Å². The maximum Gasteiger partial charge on any atom is 0.297 e. The molecule has 3 saturated carbocycles. The minimum Gasteiger partial charge on any atom is -0.353 e. The summed E-state index contributed by atoms with van der Waals surface area (Å²) in [6.07, 6.45) is 9.16. The number of hydrogen-bond acceptors (Lipinski definition) is 5. The van der Waals surface area contributed by atoms with E-state index in [1.54, 1.807) is 24.3 Å². The van der Waals surface area contributed by atoms with Crippen molar-refractivity contribution >= 4 is 17.3 Å². The van der Waals surface area contributed by atoms with Gasteiger partial charge in [-0.15, -0.1) is 0 Å². The Labute approximate surface area is 188 Å². The maximum atomic E-state index is 13.0. The lowest BCUT2D eigenvalue weighted by atomic mass is 9.52. The number of fused-ring (bicyclic) bond motifs is 6. The van der Waals surface area contributed by atoms with Crippen molar-refractivity contribution in [2.45, 2.75) is 70.2 Å². The summed E-state index contributed by atoms with van der Waals surface area (Å²) in [6, 6.07) is 6.58. The molecular formula is C27H30O5. The molecule has 168 valence electrons. The Balaban J connectivity index is 1.25.